The maximum absolute atomic E-state index is 11.2. The zero-order valence-electron chi connectivity index (χ0n) is 10.3. The summed E-state index contributed by atoms with van der Waals surface area (Å²) in [4.78, 5) is 11.2. The van der Waals surface area contributed by atoms with Crippen molar-refractivity contribution >= 4 is 39.7 Å². The predicted molar refractivity (Wildman–Crippen MR) is 80.8 cm³/mol. The van der Waals surface area contributed by atoms with E-state index in [1.807, 2.05) is 12.1 Å². The molecular formula is C15H11O2PS. The second-order valence-electron chi connectivity index (χ2n) is 4.89. The lowest BCUT2D eigenvalue weighted by atomic mass is 10.0. The maximum atomic E-state index is 11.2. The van der Waals surface area contributed by atoms with E-state index in [9.17, 15) is 4.79 Å². The molecule has 1 unspecified atom stereocenters. The van der Waals surface area contributed by atoms with E-state index in [-0.39, 0.29) is 5.97 Å². The van der Waals surface area contributed by atoms with Crippen LogP contribution in [0, 0.1) is 0 Å². The number of hydrogen-bond donors (Lipinski definition) is 0. The van der Waals surface area contributed by atoms with Gasteiger partial charge in [0.15, 0.2) is 0 Å². The molecule has 3 aliphatic rings. The highest BCUT2D eigenvalue weighted by Crippen LogP contribution is 2.68. The average molecular weight is 286 g/mol. The summed E-state index contributed by atoms with van der Waals surface area (Å²) in [7, 11) is 1.41. The van der Waals surface area contributed by atoms with Crippen LogP contribution in [0.5, 0.6) is 0 Å². The molecule has 0 amide bonds. The molecule has 3 heterocycles. The van der Waals surface area contributed by atoms with Gasteiger partial charge in [0.25, 0.3) is 0 Å². The van der Waals surface area contributed by atoms with E-state index in [0.717, 1.165) is 5.56 Å². The highest BCUT2D eigenvalue weighted by atomic mass is 32.4. The quantitative estimate of drug-likeness (QED) is 0.421. The molecule has 0 aromatic heterocycles. The van der Waals surface area contributed by atoms with Crippen LogP contribution in [0.25, 0.3) is 11.1 Å². The summed E-state index contributed by atoms with van der Waals surface area (Å²) < 4.78 is 4.67. The molecule has 0 saturated carbocycles. The van der Waals surface area contributed by atoms with Crippen LogP contribution >= 0.6 is 6.04 Å². The van der Waals surface area contributed by atoms with Crippen LogP contribution in [0.4, 0.5) is 0 Å². The van der Waals surface area contributed by atoms with Gasteiger partial charge in [-0.3, -0.25) is 4.79 Å². The first-order valence-corrected chi connectivity index (χ1v) is 8.91. The van der Waals surface area contributed by atoms with Gasteiger partial charge in [0.2, 0.25) is 0 Å². The third-order valence-corrected chi connectivity index (χ3v) is 8.32. The number of ether oxygens (including phenoxy) is 1. The van der Waals surface area contributed by atoms with E-state index in [1.165, 1.54) is 34.2 Å². The van der Waals surface area contributed by atoms with Crippen molar-refractivity contribution in [3.05, 3.63) is 42.0 Å². The fourth-order valence-electron chi connectivity index (χ4n) is 2.66. The lowest BCUT2D eigenvalue weighted by Gasteiger charge is -2.07. The zero-order chi connectivity index (χ0) is 13.2. The van der Waals surface area contributed by atoms with Crippen LogP contribution in [0.2, 0.25) is 0 Å². The molecule has 2 nitrogen and oxygen atoms in total. The van der Waals surface area contributed by atoms with Crippen molar-refractivity contribution in [3.8, 4) is 11.1 Å². The predicted octanol–water partition coefficient (Wildman–Crippen LogP) is 1.45. The Balaban J connectivity index is 1.64. The van der Waals surface area contributed by atoms with Crippen LogP contribution in [0.1, 0.15) is 5.56 Å². The second kappa shape index (κ2) is 3.56. The SMILES string of the molecule is COC(=O)Cc1ccc(-c2ccc3c4c2P34=S)cc1. The molecule has 1 atom stereocenters. The Hall–Kier alpha value is -1.44. The summed E-state index contributed by atoms with van der Waals surface area (Å²) in [6.07, 6.45) is 0.325. The highest BCUT2D eigenvalue weighted by molar-refractivity contribution is 8.38. The van der Waals surface area contributed by atoms with Crippen molar-refractivity contribution < 1.29 is 9.53 Å². The molecule has 2 aromatic rings. The minimum Gasteiger partial charge on any atom is -0.469 e. The normalized spacial score (nSPS) is 20.7. The lowest BCUT2D eigenvalue weighted by Crippen LogP contribution is -2.10. The van der Waals surface area contributed by atoms with Crippen molar-refractivity contribution in [1.29, 1.82) is 0 Å². The third kappa shape index (κ3) is 1.43. The molecule has 19 heavy (non-hydrogen) atoms. The minimum atomic E-state index is -1.21. The molecule has 2 bridgehead atoms. The maximum Gasteiger partial charge on any atom is 0.309 e. The van der Waals surface area contributed by atoms with Crippen molar-refractivity contribution in [3.63, 3.8) is 0 Å². The van der Waals surface area contributed by atoms with Crippen LogP contribution in [-0.4, -0.2) is 13.1 Å². The van der Waals surface area contributed by atoms with Crippen molar-refractivity contribution in [2.24, 2.45) is 0 Å². The number of fused-ring (bicyclic) bond motifs is 2. The van der Waals surface area contributed by atoms with Gasteiger partial charge in [-0.05, 0) is 16.7 Å². The molecular weight excluding hydrogens is 275 g/mol. The van der Waals surface area contributed by atoms with Gasteiger partial charge in [-0.15, -0.1) is 0 Å². The van der Waals surface area contributed by atoms with Gasteiger partial charge in [0.1, 0.15) is 0 Å². The summed E-state index contributed by atoms with van der Waals surface area (Å²) in [6.45, 7) is 0. The number of carbonyl (C=O) groups excluding carboxylic acids is 1. The van der Waals surface area contributed by atoms with Gasteiger partial charge in [0, 0.05) is 22.0 Å². The number of hydrogen-bond acceptors (Lipinski definition) is 3. The minimum absolute atomic E-state index is 0.207. The Morgan fingerprint density at radius 3 is 2.42 bits per heavy atom. The smallest absolute Gasteiger partial charge is 0.309 e. The molecule has 5 rings (SSSR count). The van der Waals surface area contributed by atoms with Crippen LogP contribution in [0.3, 0.4) is 0 Å². The summed E-state index contributed by atoms with van der Waals surface area (Å²) in [5.41, 5.74) is 3.46. The molecule has 0 fully saturated rings. The van der Waals surface area contributed by atoms with E-state index >= 15 is 0 Å². The van der Waals surface area contributed by atoms with Gasteiger partial charge < -0.3 is 4.74 Å². The largest absolute Gasteiger partial charge is 0.469 e. The molecule has 0 saturated heterocycles. The number of methoxy groups -OCH3 is 1. The Kier molecular flexibility index (Phi) is 2.13. The van der Waals surface area contributed by atoms with Gasteiger partial charge >= 0.3 is 5.97 Å². The number of rotatable bonds is 3. The molecule has 0 aliphatic carbocycles. The number of esters is 1. The van der Waals surface area contributed by atoms with E-state index < -0.39 is 6.04 Å². The van der Waals surface area contributed by atoms with Crippen molar-refractivity contribution in [1.82, 2.24) is 0 Å². The Morgan fingerprint density at radius 2 is 1.84 bits per heavy atom. The van der Waals surface area contributed by atoms with E-state index in [0.29, 0.717) is 6.42 Å². The molecule has 4 heteroatoms. The average Bonchev–Trinajstić information content (AvgIpc) is 3.27. The van der Waals surface area contributed by atoms with Crippen molar-refractivity contribution in [2.45, 2.75) is 6.42 Å². The fourth-order valence-corrected chi connectivity index (χ4v) is 7.27. The second-order valence-corrected chi connectivity index (χ2v) is 9.13. The fraction of sp³-hybridized carbons (Fsp3) is 0.133. The molecule has 2 aromatic carbocycles. The Morgan fingerprint density at radius 1 is 1.16 bits per heavy atom. The summed E-state index contributed by atoms with van der Waals surface area (Å²) in [5.74, 6) is -0.207. The molecule has 0 spiro atoms. The summed E-state index contributed by atoms with van der Waals surface area (Å²) in [6, 6.07) is 11.2. The monoisotopic (exact) mass is 286 g/mol. The van der Waals surface area contributed by atoms with Crippen LogP contribution in [-0.2, 0) is 27.8 Å². The van der Waals surface area contributed by atoms with Crippen LogP contribution < -0.4 is 15.9 Å². The van der Waals surface area contributed by atoms with Gasteiger partial charge in [-0.2, -0.15) is 0 Å². The zero-order valence-corrected chi connectivity index (χ0v) is 12.1. The molecule has 0 N–H and O–H groups in total. The van der Waals surface area contributed by atoms with Gasteiger partial charge in [0.05, 0.1) is 13.5 Å². The summed E-state index contributed by atoms with van der Waals surface area (Å²) >= 11 is 5.65. The molecule has 0 radical (unpaired) electrons. The lowest BCUT2D eigenvalue weighted by molar-refractivity contribution is -0.139. The van der Waals surface area contributed by atoms with Gasteiger partial charge in [-0.25, -0.2) is 0 Å². The first-order chi connectivity index (χ1) is 9.16. The number of carbonyl (C=O) groups is 1. The first kappa shape index (κ1) is 11.4. The molecule has 94 valence electrons. The highest BCUT2D eigenvalue weighted by Gasteiger charge is 2.61. The van der Waals surface area contributed by atoms with E-state index in [2.05, 4.69) is 29.0 Å². The van der Waals surface area contributed by atoms with Gasteiger partial charge in [-0.1, -0.05) is 48.2 Å². The van der Waals surface area contributed by atoms with Crippen molar-refractivity contribution in [2.75, 3.05) is 7.11 Å². The topological polar surface area (TPSA) is 26.3 Å². The number of benzene rings is 2. The van der Waals surface area contributed by atoms with E-state index in [4.69, 9.17) is 11.8 Å². The standard InChI is InChI=1S/C15H11O2PS/c1-17-13(16)8-9-2-4-10(5-3-9)11-6-7-12-15-14(11)18(12,15)19/h2-7H,8H2,1H3. The van der Waals surface area contributed by atoms with E-state index in [1.54, 1.807) is 0 Å². The third-order valence-electron chi connectivity index (χ3n) is 3.84. The first-order valence-electron chi connectivity index (χ1n) is 6.11. The molecule has 3 aliphatic heterocycles. The Bertz CT molecular complexity index is 777. The Labute approximate surface area is 116 Å². The van der Waals surface area contributed by atoms with Crippen LogP contribution in [0.15, 0.2) is 36.4 Å². The summed E-state index contributed by atoms with van der Waals surface area (Å²) in [5, 5.41) is 4.38.